The average molecular weight is 487 g/mol. The number of imidazole rings is 1. The molecule has 1 aromatic carbocycles. The summed E-state index contributed by atoms with van der Waals surface area (Å²) in [6.07, 6.45) is 5.88. The van der Waals surface area contributed by atoms with Crippen molar-refractivity contribution in [3.8, 4) is 17.3 Å². The van der Waals surface area contributed by atoms with Gasteiger partial charge < -0.3 is 24.5 Å². The molecular formula is C26H30N8O2. The Balaban J connectivity index is 1.43. The van der Waals surface area contributed by atoms with Crippen LogP contribution >= 0.6 is 0 Å². The molecule has 4 heterocycles. The SMILES string of the molecule is C=Nc1ccc(-c2nc3cc(C(=O)N4C[C@H]5CC[C@@H]4[C@@H]5N)cc(OC)c3n2C)n1Cc1cnn(C)c1. The first-order valence-electron chi connectivity index (χ1n) is 12.1. The molecule has 2 fully saturated rings. The number of methoxy groups -OCH3 is 1. The van der Waals surface area contributed by atoms with E-state index in [1.54, 1.807) is 11.8 Å². The van der Waals surface area contributed by atoms with Gasteiger partial charge in [-0.2, -0.15) is 5.10 Å². The Labute approximate surface area is 209 Å². The third-order valence-corrected chi connectivity index (χ3v) is 7.76. The number of hydrogen-bond acceptors (Lipinski definition) is 6. The normalized spacial score (nSPS) is 21.0. The summed E-state index contributed by atoms with van der Waals surface area (Å²) in [5.41, 5.74) is 10.4. The second kappa shape index (κ2) is 8.34. The number of aromatic nitrogens is 5. The van der Waals surface area contributed by atoms with Crippen LogP contribution < -0.4 is 10.5 Å². The molecule has 2 aliphatic rings. The van der Waals surface area contributed by atoms with Gasteiger partial charge in [0.05, 0.1) is 31.1 Å². The number of carbonyl (C=O) groups excluding carboxylic acids is 1. The molecule has 10 heteroatoms. The number of nitrogens with zero attached hydrogens (tertiary/aromatic N) is 7. The summed E-state index contributed by atoms with van der Waals surface area (Å²) >= 11 is 0. The van der Waals surface area contributed by atoms with Gasteiger partial charge in [0.15, 0.2) is 5.82 Å². The van der Waals surface area contributed by atoms with Crippen molar-refractivity contribution >= 4 is 29.5 Å². The Kier molecular flexibility index (Phi) is 5.22. The van der Waals surface area contributed by atoms with Gasteiger partial charge in [-0.05, 0) is 49.7 Å². The molecule has 10 nitrogen and oxygen atoms in total. The zero-order chi connectivity index (χ0) is 25.1. The number of ether oxygens (including phenoxy) is 1. The number of amides is 1. The van der Waals surface area contributed by atoms with E-state index < -0.39 is 0 Å². The monoisotopic (exact) mass is 486 g/mol. The molecule has 36 heavy (non-hydrogen) atoms. The third kappa shape index (κ3) is 3.35. The van der Waals surface area contributed by atoms with Crippen molar-refractivity contribution in [1.29, 1.82) is 0 Å². The van der Waals surface area contributed by atoms with Crippen LogP contribution in [0.2, 0.25) is 0 Å². The molecule has 4 aromatic rings. The van der Waals surface area contributed by atoms with Gasteiger partial charge in [0, 0.05) is 50.0 Å². The van der Waals surface area contributed by atoms with Gasteiger partial charge in [0.2, 0.25) is 0 Å². The lowest BCUT2D eigenvalue weighted by atomic mass is 10.1. The number of aliphatic imine (C=N–C) groups is 1. The number of hydrogen-bond donors (Lipinski definition) is 1. The van der Waals surface area contributed by atoms with Crippen molar-refractivity contribution in [2.24, 2.45) is 30.7 Å². The van der Waals surface area contributed by atoms with Crippen molar-refractivity contribution in [2.75, 3.05) is 13.7 Å². The Morgan fingerprint density at radius 1 is 1.28 bits per heavy atom. The van der Waals surface area contributed by atoms with Crippen LogP contribution in [0, 0.1) is 5.92 Å². The van der Waals surface area contributed by atoms with E-state index in [-0.39, 0.29) is 18.0 Å². The Morgan fingerprint density at radius 2 is 2.11 bits per heavy atom. The smallest absolute Gasteiger partial charge is 0.254 e. The van der Waals surface area contributed by atoms with E-state index in [9.17, 15) is 4.79 Å². The molecule has 1 saturated heterocycles. The predicted octanol–water partition coefficient (Wildman–Crippen LogP) is 2.73. The molecular weight excluding hydrogens is 456 g/mol. The zero-order valence-electron chi connectivity index (χ0n) is 20.8. The highest BCUT2D eigenvalue weighted by Gasteiger charge is 2.47. The summed E-state index contributed by atoms with van der Waals surface area (Å²) in [6.45, 7) is 5.03. The number of carbonyl (C=O) groups is 1. The molecule has 1 aliphatic heterocycles. The van der Waals surface area contributed by atoms with Gasteiger partial charge in [0.1, 0.15) is 17.1 Å². The van der Waals surface area contributed by atoms with Crippen LogP contribution in [-0.4, -0.2) is 67.2 Å². The van der Waals surface area contributed by atoms with Crippen molar-refractivity contribution in [1.82, 2.24) is 28.8 Å². The van der Waals surface area contributed by atoms with Crippen LogP contribution in [0.25, 0.3) is 22.6 Å². The standard InChI is InChI=1S/C26H30N8O2/c1-28-22-8-7-20(33(22)13-15-11-29-31(2)12-15)25-30-18-9-17(10-21(36-4)24(18)32(25)3)26(35)34-14-16-5-6-19(34)23(16)27/h7-12,16,19,23H,1,5-6,13-14,27H2,2-4H3/t16-,19-,23-/m1/s1. The maximum atomic E-state index is 13.5. The number of aryl methyl sites for hydroxylation is 2. The highest BCUT2D eigenvalue weighted by Crippen LogP contribution is 2.39. The van der Waals surface area contributed by atoms with Gasteiger partial charge in [-0.25, -0.2) is 9.98 Å². The minimum absolute atomic E-state index is 0.0110. The molecule has 0 radical (unpaired) electrons. The van der Waals surface area contributed by atoms with Crippen molar-refractivity contribution < 1.29 is 9.53 Å². The lowest BCUT2D eigenvalue weighted by Crippen LogP contribution is -2.41. The molecule has 3 atom stereocenters. The number of likely N-dealkylation sites (tertiary alicyclic amines) is 1. The second-order valence-corrected chi connectivity index (χ2v) is 9.82. The minimum Gasteiger partial charge on any atom is -0.494 e. The van der Waals surface area contributed by atoms with E-state index >= 15 is 0 Å². The predicted molar refractivity (Wildman–Crippen MR) is 138 cm³/mol. The first-order valence-corrected chi connectivity index (χ1v) is 12.1. The molecule has 2 bridgehead atoms. The van der Waals surface area contributed by atoms with Gasteiger partial charge in [-0.1, -0.05) is 0 Å². The fourth-order valence-electron chi connectivity index (χ4n) is 5.96. The largest absolute Gasteiger partial charge is 0.494 e. The Morgan fingerprint density at radius 3 is 2.75 bits per heavy atom. The maximum Gasteiger partial charge on any atom is 0.254 e. The topological polar surface area (TPSA) is 108 Å². The van der Waals surface area contributed by atoms with Crippen LogP contribution in [-0.2, 0) is 20.6 Å². The quantitative estimate of drug-likeness (QED) is 0.422. The maximum absolute atomic E-state index is 13.5. The summed E-state index contributed by atoms with van der Waals surface area (Å²) in [6, 6.07) is 7.78. The third-order valence-electron chi connectivity index (χ3n) is 7.76. The number of fused-ring (bicyclic) bond motifs is 3. The van der Waals surface area contributed by atoms with Crippen LogP contribution in [0.1, 0.15) is 28.8 Å². The number of benzene rings is 1. The molecule has 0 unspecified atom stereocenters. The van der Waals surface area contributed by atoms with Crippen molar-refractivity contribution in [2.45, 2.75) is 31.5 Å². The fraction of sp³-hybridized carbons (Fsp3) is 0.385. The molecule has 3 aromatic heterocycles. The van der Waals surface area contributed by atoms with Crippen LogP contribution in [0.15, 0.2) is 41.7 Å². The summed E-state index contributed by atoms with van der Waals surface area (Å²) in [4.78, 5) is 24.6. The first kappa shape index (κ1) is 22.5. The van der Waals surface area contributed by atoms with Gasteiger partial charge >= 0.3 is 0 Å². The van der Waals surface area contributed by atoms with E-state index in [0.717, 1.165) is 47.8 Å². The number of rotatable bonds is 6. The lowest BCUT2D eigenvalue weighted by Gasteiger charge is -2.27. The van der Waals surface area contributed by atoms with E-state index in [1.807, 2.05) is 60.2 Å². The summed E-state index contributed by atoms with van der Waals surface area (Å²) in [7, 11) is 5.47. The van der Waals surface area contributed by atoms with Crippen molar-refractivity contribution in [3.63, 3.8) is 0 Å². The molecule has 0 spiro atoms. The van der Waals surface area contributed by atoms with Gasteiger partial charge in [-0.3, -0.25) is 9.48 Å². The highest BCUT2D eigenvalue weighted by atomic mass is 16.5. The summed E-state index contributed by atoms with van der Waals surface area (Å²) < 4.78 is 11.6. The molecule has 6 rings (SSSR count). The summed E-state index contributed by atoms with van der Waals surface area (Å²) in [5, 5.41) is 4.28. The van der Waals surface area contributed by atoms with Gasteiger partial charge in [-0.15, -0.1) is 0 Å². The minimum atomic E-state index is -0.0110. The summed E-state index contributed by atoms with van der Waals surface area (Å²) in [5.74, 6) is 2.48. The van der Waals surface area contributed by atoms with Crippen molar-refractivity contribution in [3.05, 3.63) is 47.8 Å². The Bertz CT molecular complexity index is 1500. The highest BCUT2D eigenvalue weighted by molar-refractivity contribution is 6.00. The lowest BCUT2D eigenvalue weighted by molar-refractivity contribution is 0.0700. The Hall–Kier alpha value is -3.92. The molecule has 1 saturated carbocycles. The molecule has 2 N–H and O–H groups in total. The van der Waals surface area contributed by atoms with Crippen LogP contribution in [0.3, 0.4) is 0 Å². The van der Waals surface area contributed by atoms with E-state index in [1.165, 1.54) is 0 Å². The van der Waals surface area contributed by atoms with E-state index in [4.69, 9.17) is 15.5 Å². The molecule has 186 valence electrons. The number of nitrogens with two attached hydrogens (primary N) is 1. The van der Waals surface area contributed by atoms with Gasteiger partial charge in [0.25, 0.3) is 5.91 Å². The first-order chi connectivity index (χ1) is 17.4. The fourth-order valence-corrected chi connectivity index (χ4v) is 5.96. The average Bonchev–Trinajstić information content (AvgIpc) is 3.69. The molecule has 1 aliphatic carbocycles. The zero-order valence-corrected chi connectivity index (χ0v) is 20.8. The van der Waals surface area contributed by atoms with Crippen LogP contribution in [0.5, 0.6) is 5.75 Å². The number of piperidine rings is 1. The molecule has 1 amide bonds. The van der Waals surface area contributed by atoms with E-state index in [2.05, 4.69) is 21.4 Å². The van der Waals surface area contributed by atoms with E-state index in [0.29, 0.717) is 29.3 Å². The second-order valence-electron chi connectivity index (χ2n) is 9.82. The van der Waals surface area contributed by atoms with Crippen LogP contribution in [0.4, 0.5) is 5.82 Å².